The molecular formula is C28H44O. The summed E-state index contributed by atoms with van der Waals surface area (Å²) in [5, 5.41) is 10.2. The van der Waals surface area contributed by atoms with Crippen LogP contribution in [0.25, 0.3) is 0 Å². The second-order valence-electron chi connectivity index (χ2n) is 11.8. The third kappa shape index (κ3) is 3.50. The Morgan fingerprint density at radius 2 is 1.93 bits per heavy atom. The van der Waals surface area contributed by atoms with Crippen molar-refractivity contribution in [3.8, 4) is 0 Å². The van der Waals surface area contributed by atoms with Crippen molar-refractivity contribution in [3.05, 3.63) is 35.5 Å². The van der Waals surface area contributed by atoms with Crippen LogP contribution < -0.4 is 0 Å². The zero-order valence-corrected chi connectivity index (χ0v) is 19.6. The molecule has 4 aliphatic rings. The summed E-state index contributed by atoms with van der Waals surface area (Å²) in [4.78, 5) is 0. The summed E-state index contributed by atoms with van der Waals surface area (Å²) in [7, 11) is 0. The lowest BCUT2D eigenvalue weighted by atomic mass is 9.51. The Labute approximate surface area is 179 Å². The predicted octanol–water partition coefficient (Wildman–Crippen LogP) is 7.47. The van der Waals surface area contributed by atoms with Crippen molar-refractivity contribution in [1.29, 1.82) is 0 Å². The van der Waals surface area contributed by atoms with Crippen molar-refractivity contribution < 1.29 is 5.11 Å². The zero-order chi connectivity index (χ0) is 21.0. The largest absolute Gasteiger partial charge is 0.393 e. The molecule has 0 aromatic heterocycles. The average molecular weight is 397 g/mol. The van der Waals surface area contributed by atoms with Gasteiger partial charge in [0.15, 0.2) is 0 Å². The number of hydrogen-bond donors (Lipinski definition) is 1. The minimum Gasteiger partial charge on any atom is -0.393 e. The molecule has 29 heavy (non-hydrogen) atoms. The van der Waals surface area contributed by atoms with E-state index in [1.807, 2.05) is 0 Å². The van der Waals surface area contributed by atoms with Gasteiger partial charge in [-0.2, -0.15) is 0 Å². The first-order valence-electron chi connectivity index (χ1n) is 12.4. The van der Waals surface area contributed by atoms with E-state index in [0.717, 1.165) is 30.6 Å². The molecule has 0 aliphatic heterocycles. The first-order valence-corrected chi connectivity index (χ1v) is 12.4. The molecule has 0 spiro atoms. The van der Waals surface area contributed by atoms with Gasteiger partial charge in [0.05, 0.1) is 6.10 Å². The number of aliphatic hydroxyl groups is 1. The molecule has 2 saturated carbocycles. The molecule has 2 fully saturated rings. The first-order chi connectivity index (χ1) is 13.7. The Morgan fingerprint density at radius 1 is 1.17 bits per heavy atom. The molecule has 1 nitrogen and oxygen atoms in total. The van der Waals surface area contributed by atoms with Gasteiger partial charge in [0.1, 0.15) is 0 Å². The van der Waals surface area contributed by atoms with E-state index in [-0.39, 0.29) is 6.10 Å². The molecule has 4 aliphatic carbocycles. The Hall–Kier alpha value is -0.820. The van der Waals surface area contributed by atoms with Crippen molar-refractivity contribution in [2.24, 2.45) is 40.4 Å². The van der Waals surface area contributed by atoms with Crippen molar-refractivity contribution >= 4 is 0 Å². The van der Waals surface area contributed by atoms with E-state index in [1.54, 1.807) is 11.1 Å². The van der Waals surface area contributed by atoms with Gasteiger partial charge in [-0.05, 0) is 109 Å². The highest BCUT2D eigenvalue weighted by atomic mass is 16.3. The number of fused-ring (bicyclic) bond motifs is 5. The van der Waals surface area contributed by atoms with E-state index < -0.39 is 0 Å². The van der Waals surface area contributed by atoms with E-state index in [4.69, 9.17) is 0 Å². The normalized spacial score (nSPS) is 42.4. The molecule has 0 amide bonds. The molecule has 0 saturated heterocycles. The Morgan fingerprint density at radius 3 is 2.66 bits per heavy atom. The van der Waals surface area contributed by atoms with Crippen LogP contribution in [0, 0.1) is 40.4 Å². The van der Waals surface area contributed by atoms with Crippen LogP contribution in [0.15, 0.2) is 35.5 Å². The smallest absolute Gasteiger partial charge is 0.0543 e. The van der Waals surface area contributed by atoms with Gasteiger partial charge in [-0.3, -0.25) is 0 Å². The topological polar surface area (TPSA) is 20.2 Å². The third-order valence-electron chi connectivity index (χ3n) is 9.96. The monoisotopic (exact) mass is 396 g/mol. The van der Waals surface area contributed by atoms with Crippen LogP contribution in [0.2, 0.25) is 0 Å². The van der Waals surface area contributed by atoms with Crippen molar-refractivity contribution in [3.63, 3.8) is 0 Å². The highest BCUT2D eigenvalue weighted by molar-refractivity contribution is 5.46. The fourth-order valence-electron chi connectivity index (χ4n) is 7.71. The van der Waals surface area contributed by atoms with Crippen molar-refractivity contribution in [1.82, 2.24) is 0 Å². The number of hydrogen-bond acceptors (Lipinski definition) is 1. The highest BCUT2D eigenvalue weighted by Gasteiger charge is 2.55. The van der Waals surface area contributed by atoms with Gasteiger partial charge in [0.2, 0.25) is 0 Å². The van der Waals surface area contributed by atoms with Crippen LogP contribution in [0.3, 0.4) is 0 Å². The zero-order valence-electron chi connectivity index (χ0n) is 19.6. The minimum absolute atomic E-state index is 0.0743. The molecule has 0 bridgehead atoms. The van der Waals surface area contributed by atoms with Crippen LogP contribution in [0.1, 0.15) is 92.4 Å². The maximum Gasteiger partial charge on any atom is 0.0543 e. The van der Waals surface area contributed by atoms with E-state index in [1.165, 1.54) is 50.5 Å². The summed E-state index contributed by atoms with van der Waals surface area (Å²) >= 11 is 0. The van der Waals surface area contributed by atoms with Gasteiger partial charge < -0.3 is 5.11 Å². The maximum absolute atomic E-state index is 10.2. The number of allylic oxidation sites excluding steroid dienone is 5. The molecule has 0 radical (unpaired) electrons. The molecular weight excluding hydrogens is 352 g/mol. The van der Waals surface area contributed by atoms with Crippen LogP contribution >= 0.6 is 0 Å². The fraction of sp³-hybridized carbons (Fsp3) is 0.786. The molecule has 0 aromatic carbocycles. The summed E-state index contributed by atoms with van der Waals surface area (Å²) in [6, 6.07) is 0. The molecule has 162 valence electrons. The molecule has 7 atom stereocenters. The number of aliphatic hydroxyl groups excluding tert-OH is 1. The molecule has 1 heteroatoms. The second kappa shape index (κ2) is 7.70. The van der Waals surface area contributed by atoms with Gasteiger partial charge >= 0.3 is 0 Å². The van der Waals surface area contributed by atoms with Gasteiger partial charge in [-0.25, -0.2) is 0 Å². The van der Waals surface area contributed by atoms with E-state index in [0.29, 0.717) is 22.7 Å². The van der Waals surface area contributed by atoms with E-state index >= 15 is 0 Å². The second-order valence-corrected chi connectivity index (χ2v) is 11.8. The van der Waals surface area contributed by atoms with Gasteiger partial charge in [0.25, 0.3) is 0 Å². The summed E-state index contributed by atoms with van der Waals surface area (Å²) in [6.45, 7) is 16.5. The van der Waals surface area contributed by atoms with Crippen LogP contribution in [-0.4, -0.2) is 11.2 Å². The summed E-state index contributed by atoms with van der Waals surface area (Å²) < 4.78 is 0. The van der Waals surface area contributed by atoms with Crippen molar-refractivity contribution in [2.45, 2.75) is 98.5 Å². The standard InChI is InChI=1S/C28H44O/c1-18(2)19(3)7-8-20(4)24-11-12-25-23-10-9-21-17-22(29)13-15-27(21,5)26(23)14-16-28(24,25)6/h10,14,18,20-22,24-25,29H,3,7-9,11-13,15-17H2,1-2,4-6H3. The lowest BCUT2D eigenvalue weighted by molar-refractivity contribution is 0.0310. The molecule has 0 heterocycles. The van der Waals surface area contributed by atoms with Gasteiger partial charge in [-0.1, -0.05) is 58.9 Å². The summed E-state index contributed by atoms with van der Waals surface area (Å²) in [5.74, 6) is 3.64. The van der Waals surface area contributed by atoms with Crippen LogP contribution in [-0.2, 0) is 0 Å². The highest BCUT2D eigenvalue weighted by Crippen LogP contribution is 2.65. The lowest BCUT2D eigenvalue weighted by Gasteiger charge is -2.53. The predicted molar refractivity (Wildman–Crippen MR) is 124 cm³/mol. The first kappa shape index (κ1) is 21.4. The lowest BCUT2D eigenvalue weighted by Crippen LogP contribution is -2.44. The van der Waals surface area contributed by atoms with E-state index in [9.17, 15) is 5.11 Å². The SMILES string of the molecule is C=C(CCC(C)C1CCC2C3=CCC4CC(O)CCC4(C)C3=CCC21C)C(C)C. The Balaban J connectivity index is 1.54. The Kier molecular flexibility index (Phi) is 5.69. The van der Waals surface area contributed by atoms with Gasteiger partial charge in [-0.15, -0.1) is 0 Å². The molecule has 7 unspecified atom stereocenters. The number of rotatable bonds is 5. The summed E-state index contributed by atoms with van der Waals surface area (Å²) in [5.41, 5.74) is 5.57. The summed E-state index contributed by atoms with van der Waals surface area (Å²) in [6.07, 6.45) is 16.1. The molecule has 1 N–H and O–H groups in total. The molecule has 4 rings (SSSR count). The van der Waals surface area contributed by atoms with Gasteiger partial charge in [0, 0.05) is 0 Å². The fourth-order valence-corrected chi connectivity index (χ4v) is 7.71. The van der Waals surface area contributed by atoms with Crippen molar-refractivity contribution in [2.75, 3.05) is 0 Å². The minimum atomic E-state index is -0.0743. The van der Waals surface area contributed by atoms with Crippen LogP contribution in [0.4, 0.5) is 0 Å². The van der Waals surface area contributed by atoms with Crippen LogP contribution in [0.5, 0.6) is 0 Å². The maximum atomic E-state index is 10.2. The quantitative estimate of drug-likeness (QED) is 0.478. The average Bonchev–Trinajstić information content (AvgIpc) is 3.03. The Bertz CT molecular complexity index is 712. The van der Waals surface area contributed by atoms with E-state index in [2.05, 4.69) is 53.3 Å². The molecule has 0 aromatic rings. The third-order valence-corrected chi connectivity index (χ3v) is 9.96.